The fourth-order valence-corrected chi connectivity index (χ4v) is 2.29. The molecule has 0 aliphatic carbocycles. The molecule has 20 heavy (non-hydrogen) atoms. The molecule has 0 fully saturated rings. The molecule has 0 aliphatic heterocycles. The maximum atomic E-state index is 12.1. The fraction of sp³-hybridized carbons (Fsp3) is 0.286. The van der Waals surface area contributed by atoms with Crippen molar-refractivity contribution in [3.63, 3.8) is 0 Å². The van der Waals surface area contributed by atoms with Crippen LogP contribution < -0.4 is 9.47 Å². The molecule has 6 nitrogen and oxygen atoms in total. The number of methoxy groups -OCH3 is 1. The number of aromatic nitrogens is 3. The zero-order chi connectivity index (χ0) is 14.1. The number of fused-ring (bicyclic) bond motifs is 3. The van der Waals surface area contributed by atoms with Crippen LogP contribution in [0.2, 0.25) is 0 Å². The van der Waals surface area contributed by atoms with Crippen LogP contribution in [0.15, 0.2) is 24.4 Å². The molecule has 1 N–H and O–H groups in total. The van der Waals surface area contributed by atoms with Gasteiger partial charge in [-0.05, 0) is 13.0 Å². The van der Waals surface area contributed by atoms with Crippen LogP contribution >= 0.6 is 0 Å². The van der Waals surface area contributed by atoms with E-state index < -0.39 is 0 Å². The summed E-state index contributed by atoms with van der Waals surface area (Å²) in [6, 6.07) is 5.37. The lowest BCUT2D eigenvalue weighted by molar-refractivity contribution is -0.575. The summed E-state index contributed by atoms with van der Waals surface area (Å²) in [5, 5.41) is 12.8. The van der Waals surface area contributed by atoms with Gasteiger partial charge in [0.05, 0.1) is 12.6 Å². The summed E-state index contributed by atoms with van der Waals surface area (Å²) in [6.45, 7) is 2.93. The Balaban J connectivity index is 2.29. The number of pyridine rings is 1. The normalized spacial score (nSPS) is 11.3. The van der Waals surface area contributed by atoms with Crippen molar-refractivity contribution in [2.24, 2.45) is 0 Å². The van der Waals surface area contributed by atoms with Crippen molar-refractivity contribution in [1.29, 1.82) is 0 Å². The number of ether oxygens (including phenoxy) is 2. The Kier molecular flexibility index (Phi) is 3.15. The maximum Gasteiger partial charge on any atom is 0.229 e. The molecule has 1 aromatic carbocycles. The number of imidazole rings is 1. The molecule has 0 saturated carbocycles. The average molecular weight is 273 g/mol. The fourth-order valence-electron chi connectivity index (χ4n) is 2.29. The van der Waals surface area contributed by atoms with Gasteiger partial charge in [-0.1, -0.05) is 6.07 Å². The Morgan fingerprint density at radius 3 is 3.00 bits per heavy atom. The summed E-state index contributed by atoms with van der Waals surface area (Å²) in [5.41, 5.74) is 1.94. The standard InChI is InChI=1S/C14H15N3O3/c1-3-20-8-12-15-9-7-17(18)10-5-4-6-11(19-2)13(10)14(9)16-12/h4-7H,3,8H2,1-2H3,(H,15,16). The topological polar surface area (TPSA) is 74.1 Å². The number of nitrogens with zero attached hydrogens (tertiary/aromatic N) is 2. The van der Waals surface area contributed by atoms with E-state index in [0.29, 0.717) is 35.8 Å². The summed E-state index contributed by atoms with van der Waals surface area (Å²) >= 11 is 0. The molecule has 0 atom stereocenters. The van der Waals surface area contributed by atoms with E-state index in [2.05, 4.69) is 9.97 Å². The highest BCUT2D eigenvalue weighted by Gasteiger charge is 2.17. The second-order valence-electron chi connectivity index (χ2n) is 4.39. The number of nitrogens with one attached hydrogen (secondary N) is 1. The number of aromatic amines is 1. The maximum absolute atomic E-state index is 12.1. The van der Waals surface area contributed by atoms with E-state index in [4.69, 9.17) is 9.47 Å². The molecular formula is C14H15N3O3. The minimum Gasteiger partial charge on any atom is -0.618 e. The predicted octanol–water partition coefficient (Wildman–Crippen LogP) is 1.89. The molecule has 0 amide bonds. The van der Waals surface area contributed by atoms with Gasteiger partial charge in [-0.15, -0.1) is 0 Å². The lowest BCUT2D eigenvalue weighted by Crippen LogP contribution is -2.26. The third-order valence-corrected chi connectivity index (χ3v) is 3.17. The highest BCUT2D eigenvalue weighted by Crippen LogP contribution is 2.29. The molecule has 2 aromatic heterocycles. The van der Waals surface area contributed by atoms with Gasteiger partial charge < -0.3 is 19.7 Å². The minimum absolute atomic E-state index is 0.390. The van der Waals surface area contributed by atoms with Gasteiger partial charge in [-0.3, -0.25) is 0 Å². The number of rotatable bonds is 4. The first-order valence-corrected chi connectivity index (χ1v) is 6.39. The number of H-pyrrole nitrogens is 1. The monoisotopic (exact) mass is 273 g/mol. The van der Waals surface area contributed by atoms with Gasteiger partial charge >= 0.3 is 0 Å². The highest BCUT2D eigenvalue weighted by atomic mass is 16.5. The van der Waals surface area contributed by atoms with Crippen LogP contribution in [0.5, 0.6) is 5.75 Å². The Labute approximate surface area is 115 Å². The van der Waals surface area contributed by atoms with Gasteiger partial charge in [0.1, 0.15) is 23.6 Å². The molecule has 3 rings (SSSR count). The molecule has 0 unspecified atom stereocenters. The van der Waals surface area contributed by atoms with Crippen molar-refractivity contribution in [3.05, 3.63) is 35.4 Å². The van der Waals surface area contributed by atoms with Crippen LogP contribution in [0.3, 0.4) is 0 Å². The van der Waals surface area contributed by atoms with E-state index >= 15 is 0 Å². The summed E-state index contributed by atoms with van der Waals surface area (Å²) in [7, 11) is 1.58. The van der Waals surface area contributed by atoms with Gasteiger partial charge in [-0.2, -0.15) is 4.73 Å². The lowest BCUT2D eigenvalue weighted by Gasteiger charge is -2.06. The Morgan fingerprint density at radius 2 is 2.25 bits per heavy atom. The van der Waals surface area contributed by atoms with Crippen molar-refractivity contribution in [3.8, 4) is 5.75 Å². The smallest absolute Gasteiger partial charge is 0.229 e. The minimum atomic E-state index is 0.390. The molecule has 3 aromatic rings. The first-order chi connectivity index (χ1) is 9.74. The zero-order valence-electron chi connectivity index (χ0n) is 11.3. The van der Waals surface area contributed by atoms with Crippen LogP contribution in [0, 0.1) is 5.21 Å². The van der Waals surface area contributed by atoms with E-state index in [1.54, 1.807) is 19.2 Å². The number of hydrogen-bond donors (Lipinski definition) is 1. The van der Waals surface area contributed by atoms with Crippen LogP contribution in [0.25, 0.3) is 21.9 Å². The molecule has 0 aliphatic rings. The van der Waals surface area contributed by atoms with Crippen molar-refractivity contribution in [2.75, 3.05) is 13.7 Å². The van der Waals surface area contributed by atoms with E-state index in [9.17, 15) is 5.21 Å². The zero-order valence-corrected chi connectivity index (χ0v) is 11.3. The number of hydrogen-bond acceptors (Lipinski definition) is 4. The van der Waals surface area contributed by atoms with Crippen molar-refractivity contribution in [1.82, 2.24) is 9.97 Å². The largest absolute Gasteiger partial charge is 0.618 e. The molecule has 0 spiro atoms. The van der Waals surface area contributed by atoms with Gasteiger partial charge in [0, 0.05) is 12.7 Å². The third kappa shape index (κ3) is 1.94. The third-order valence-electron chi connectivity index (χ3n) is 3.17. The first kappa shape index (κ1) is 12.7. The van der Waals surface area contributed by atoms with Gasteiger partial charge in [-0.25, -0.2) is 4.98 Å². The molecule has 0 saturated heterocycles. The van der Waals surface area contributed by atoms with E-state index in [1.807, 2.05) is 13.0 Å². The molecule has 104 valence electrons. The molecule has 0 bridgehead atoms. The van der Waals surface area contributed by atoms with E-state index in [-0.39, 0.29) is 0 Å². The van der Waals surface area contributed by atoms with Crippen molar-refractivity contribution in [2.45, 2.75) is 13.5 Å². The molecule has 0 radical (unpaired) electrons. The molecule has 6 heteroatoms. The van der Waals surface area contributed by atoms with Crippen molar-refractivity contribution < 1.29 is 14.2 Å². The van der Waals surface area contributed by atoms with Gasteiger partial charge in [0.15, 0.2) is 5.52 Å². The quantitative estimate of drug-likeness (QED) is 0.582. The Bertz CT molecular complexity index is 767. The summed E-state index contributed by atoms with van der Waals surface area (Å²) < 4.78 is 11.5. The second-order valence-corrected chi connectivity index (χ2v) is 4.39. The Hall–Kier alpha value is -2.34. The van der Waals surface area contributed by atoms with Gasteiger partial charge in [0.25, 0.3) is 0 Å². The molecule has 2 heterocycles. The highest BCUT2D eigenvalue weighted by molar-refractivity contribution is 6.03. The van der Waals surface area contributed by atoms with Crippen LogP contribution in [-0.4, -0.2) is 23.7 Å². The summed E-state index contributed by atoms with van der Waals surface area (Å²) in [4.78, 5) is 7.59. The predicted molar refractivity (Wildman–Crippen MR) is 74.4 cm³/mol. The van der Waals surface area contributed by atoms with Crippen molar-refractivity contribution >= 4 is 21.9 Å². The molecular weight excluding hydrogens is 258 g/mol. The number of benzene rings is 1. The van der Waals surface area contributed by atoms with Gasteiger partial charge in [0.2, 0.25) is 11.7 Å². The first-order valence-electron chi connectivity index (χ1n) is 6.39. The van der Waals surface area contributed by atoms with Crippen LogP contribution in [0.4, 0.5) is 0 Å². The Morgan fingerprint density at radius 1 is 1.40 bits per heavy atom. The SMILES string of the molecule is CCOCc1nc2c[n+]([O-])c3cccc(OC)c3c2[nH]1. The van der Waals surface area contributed by atoms with Crippen LogP contribution in [-0.2, 0) is 11.3 Å². The average Bonchev–Trinajstić information content (AvgIpc) is 2.87. The second kappa shape index (κ2) is 4.97. The van der Waals surface area contributed by atoms with E-state index in [0.717, 1.165) is 15.6 Å². The summed E-state index contributed by atoms with van der Waals surface area (Å²) in [6.07, 6.45) is 1.46. The lowest BCUT2D eigenvalue weighted by atomic mass is 10.2. The summed E-state index contributed by atoms with van der Waals surface area (Å²) in [5.74, 6) is 1.34. The van der Waals surface area contributed by atoms with Crippen LogP contribution in [0.1, 0.15) is 12.7 Å². The van der Waals surface area contributed by atoms with E-state index in [1.165, 1.54) is 6.20 Å².